The molecule has 0 saturated carbocycles. The standard InChI is InChI=1S/C13H22N4O4S.ClH/c1-10-11(9-12(21-10)22(19,20)14-2)13(18)16-5-8-17-6-3-15-4-7-17;/h9,14-15H,3-8H2,1-2H3,(H,16,18);1H. The van der Waals surface area contributed by atoms with Crippen molar-refractivity contribution in [3.63, 3.8) is 0 Å². The van der Waals surface area contributed by atoms with Crippen molar-refractivity contribution in [3.05, 3.63) is 17.4 Å². The number of carbonyl (C=O) groups is 1. The van der Waals surface area contributed by atoms with Gasteiger partial charge in [-0.05, 0) is 14.0 Å². The molecule has 1 aromatic heterocycles. The molecule has 0 atom stereocenters. The Bertz CT molecular complexity index is 626. The highest BCUT2D eigenvalue weighted by Gasteiger charge is 2.22. The summed E-state index contributed by atoms with van der Waals surface area (Å²) < 4.78 is 30.6. The number of halogens is 1. The quantitative estimate of drug-likeness (QED) is 0.630. The number of rotatable bonds is 6. The SMILES string of the molecule is CNS(=O)(=O)c1cc(C(=O)NCCN2CCNCC2)c(C)o1.Cl. The number of carbonyl (C=O) groups excluding carboxylic acids is 1. The molecule has 132 valence electrons. The third-order valence-electron chi connectivity index (χ3n) is 3.60. The largest absolute Gasteiger partial charge is 0.448 e. The van der Waals surface area contributed by atoms with E-state index in [1.165, 1.54) is 13.1 Å². The maximum absolute atomic E-state index is 12.1. The Kier molecular flexibility index (Phi) is 7.49. The molecular weight excluding hydrogens is 344 g/mol. The highest BCUT2D eigenvalue weighted by atomic mass is 35.5. The minimum Gasteiger partial charge on any atom is -0.448 e. The number of nitrogens with zero attached hydrogens (tertiary/aromatic N) is 1. The van der Waals surface area contributed by atoms with Crippen LogP contribution in [0.4, 0.5) is 0 Å². The Morgan fingerprint density at radius 2 is 2.04 bits per heavy atom. The van der Waals surface area contributed by atoms with E-state index in [2.05, 4.69) is 20.3 Å². The van der Waals surface area contributed by atoms with Gasteiger partial charge in [-0.1, -0.05) is 0 Å². The summed E-state index contributed by atoms with van der Waals surface area (Å²) in [5.74, 6) is -0.0394. The Morgan fingerprint density at radius 3 is 2.65 bits per heavy atom. The predicted molar refractivity (Wildman–Crippen MR) is 88.6 cm³/mol. The number of furan rings is 1. The third-order valence-corrected chi connectivity index (χ3v) is 4.86. The zero-order valence-corrected chi connectivity index (χ0v) is 14.8. The van der Waals surface area contributed by atoms with Gasteiger partial charge < -0.3 is 15.1 Å². The first-order valence-corrected chi connectivity index (χ1v) is 8.67. The predicted octanol–water partition coefficient (Wildman–Crippen LogP) is -0.447. The average Bonchev–Trinajstić information content (AvgIpc) is 2.91. The molecule has 1 aliphatic rings. The minimum absolute atomic E-state index is 0. The number of hydrogen-bond donors (Lipinski definition) is 3. The van der Waals surface area contributed by atoms with E-state index in [1.807, 2.05) is 0 Å². The number of sulfonamides is 1. The lowest BCUT2D eigenvalue weighted by molar-refractivity contribution is 0.0945. The molecule has 1 fully saturated rings. The van der Waals surface area contributed by atoms with Crippen LogP contribution in [0.1, 0.15) is 16.1 Å². The molecule has 1 aliphatic heterocycles. The van der Waals surface area contributed by atoms with Gasteiger partial charge in [-0.2, -0.15) is 0 Å². The number of hydrogen-bond acceptors (Lipinski definition) is 6. The topological polar surface area (TPSA) is 104 Å². The monoisotopic (exact) mass is 366 g/mol. The zero-order valence-electron chi connectivity index (χ0n) is 13.2. The van der Waals surface area contributed by atoms with E-state index in [0.717, 1.165) is 32.7 Å². The van der Waals surface area contributed by atoms with Crippen molar-refractivity contribution >= 4 is 28.3 Å². The summed E-state index contributed by atoms with van der Waals surface area (Å²) in [5.41, 5.74) is 0.245. The van der Waals surface area contributed by atoms with Crippen LogP contribution in [0, 0.1) is 6.92 Å². The van der Waals surface area contributed by atoms with Crippen LogP contribution in [0.5, 0.6) is 0 Å². The van der Waals surface area contributed by atoms with Crippen molar-refractivity contribution in [1.82, 2.24) is 20.3 Å². The fraction of sp³-hybridized carbons (Fsp3) is 0.615. The molecule has 10 heteroatoms. The molecule has 1 amide bonds. The maximum atomic E-state index is 12.1. The molecular formula is C13H23ClN4O4S. The molecule has 0 spiro atoms. The van der Waals surface area contributed by atoms with Gasteiger partial charge in [-0.15, -0.1) is 12.4 Å². The Hall–Kier alpha value is -1.13. The number of nitrogens with one attached hydrogen (secondary N) is 3. The van der Waals surface area contributed by atoms with Gasteiger partial charge in [-0.3, -0.25) is 9.69 Å². The van der Waals surface area contributed by atoms with E-state index < -0.39 is 10.0 Å². The third kappa shape index (κ3) is 5.18. The van der Waals surface area contributed by atoms with Crippen LogP contribution < -0.4 is 15.4 Å². The van der Waals surface area contributed by atoms with E-state index in [1.54, 1.807) is 6.92 Å². The van der Waals surface area contributed by atoms with Crippen molar-refractivity contribution in [1.29, 1.82) is 0 Å². The van der Waals surface area contributed by atoms with E-state index in [-0.39, 0.29) is 34.7 Å². The first-order chi connectivity index (χ1) is 10.4. The smallest absolute Gasteiger partial charge is 0.273 e. The fourth-order valence-electron chi connectivity index (χ4n) is 2.27. The number of aryl methyl sites for hydroxylation is 1. The summed E-state index contributed by atoms with van der Waals surface area (Å²) in [5, 5.41) is 5.81. The van der Waals surface area contributed by atoms with Gasteiger partial charge in [0.2, 0.25) is 5.09 Å². The summed E-state index contributed by atoms with van der Waals surface area (Å²) in [4.78, 5) is 14.4. The van der Waals surface area contributed by atoms with Crippen LogP contribution in [0.15, 0.2) is 15.6 Å². The number of piperazine rings is 1. The summed E-state index contributed by atoms with van der Waals surface area (Å²) in [6.07, 6.45) is 0. The van der Waals surface area contributed by atoms with Gasteiger partial charge in [0, 0.05) is 45.3 Å². The normalized spacial score (nSPS) is 15.9. The molecule has 0 aliphatic carbocycles. The molecule has 8 nitrogen and oxygen atoms in total. The van der Waals surface area contributed by atoms with Crippen molar-refractivity contribution in [2.75, 3.05) is 46.3 Å². The van der Waals surface area contributed by atoms with E-state index in [9.17, 15) is 13.2 Å². The summed E-state index contributed by atoms with van der Waals surface area (Å²) in [6.45, 7) is 6.69. The second kappa shape index (κ2) is 8.65. The van der Waals surface area contributed by atoms with Gasteiger partial charge in [0.25, 0.3) is 15.9 Å². The molecule has 1 saturated heterocycles. The summed E-state index contributed by atoms with van der Waals surface area (Å²) in [6, 6.07) is 1.25. The first kappa shape index (κ1) is 19.9. The Balaban J connectivity index is 0.00000264. The lowest BCUT2D eigenvalue weighted by atomic mass is 10.2. The van der Waals surface area contributed by atoms with E-state index in [4.69, 9.17) is 4.42 Å². The molecule has 0 unspecified atom stereocenters. The van der Waals surface area contributed by atoms with E-state index in [0.29, 0.717) is 6.54 Å². The summed E-state index contributed by atoms with van der Waals surface area (Å²) >= 11 is 0. The van der Waals surface area contributed by atoms with Crippen molar-refractivity contribution in [2.45, 2.75) is 12.0 Å². The molecule has 0 aromatic carbocycles. The zero-order chi connectivity index (χ0) is 16.2. The van der Waals surface area contributed by atoms with Gasteiger partial charge >= 0.3 is 0 Å². The summed E-state index contributed by atoms with van der Waals surface area (Å²) in [7, 11) is -2.39. The van der Waals surface area contributed by atoms with Crippen LogP contribution in [-0.4, -0.2) is 65.5 Å². The number of amides is 1. The van der Waals surface area contributed by atoms with Crippen LogP contribution in [0.3, 0.4) is 0 Å². The van der Waals surface area contributed by atoms with Gasteiger partial charge in [0.1, 0.15) is 5.76 Å². The molecule has 0 bridgehead atoms. The van der Waals surface area contributed by atoms with Crippen LogP contribution in [-0.2, 0) is 10.0 Å². The van der Waals surface area contributed by atoms with Crippen LogP contribution in [0.25, 0.3) is 0 Å². The average molecular weight is 367 g/mol. The maximum Gasteiger partial charge on any atom is 0.273 e. The highest BCUT2D eigenvalue weighted by Crippen LogP contribution is 2.18. The molecule has 2 heterocycles. The second-order valence-electron chi connectivity index (χ2n) is 5.09. The minimum atomic E-state index is -3.68. The molecule has 3 N–H and O–H groups in total. The van der Waals surface area contributed by atoms with Gasteiger partial charge in [0.15, 0.2) is 0 Å². The van der Waals surface area contributed by atoms with Gasteiger partial charge in [0.05, 0.1) is 5.56 Å². The van der Waals surface area contributed by atoms with Crippen molar-refractivity contribution < 1.29 is 17.6 Å². The Labute approximate surface area is 142 Å². The first-order valence-electron chi connectivity index (χ1n) is 7.19. The highest BCUT2D eigenvalue weighted by molar-refractivity contribution is 7.89. The van der Waals surface area contributed by atoms with E-state index >= 15 is 0 Å². The lowest BCUT2D eigenvalue weighted by Crippen LogP contribution is -2.46. The molecule has 23 heavy (non-hydrogen) atoms. The molecule has 1 aromatic rings. The molecule has 0 radical (unpaired) electrons. The van der Waals surface area contributed by atoms with Crippen molar-refractivity contribution in [2.24, 2.45) is 0 Å². The lowest BCUT2D eigenvalue weighted by Gasteiger charge is -2.27. The van der Waals surface area contributed by atoms with Crippen LogP contribution in [0.2, 0.25) is 0 Å². The van der Waals surface area contributed by atoms with Crippen LogP contribution >= 0.6 is 12.4 Å². The fourth-order valence-corrected chi connectivity index (χ4v) is 2.98. The Morgan fingerprint density at radius 1 is 1.39 bits per heavy atom. The molecule has 2 rings (SSSR count). The van der Waals surface area contributed by atoms with Gasteiger partial charge in [-0.25, -0.2) is 13.1 Å². The van der Waals surface area contributed by atoms with Crippen molar-refractivity contribution in [3.8, 4) is 0 Å². The second-order valence-corrected chi connectivity index (χ2v) is 6.91.